The molecule has 0 radical (unpaired) electrons. The summed E-state index contributed by atoms with van der Waals surface area (Å²) in [6, 6.07) is 10.8. The van der Waals surface area contributed by atoms with Crippen molar-refractivity contribution in [1.82, 2.24) is 10.2 Å². The number of carbonyl (C=O) groups is 1. The van der Waals surface area contributed by atoms with Crippen molar-refractivity contribution in [2.45, 2.75) is 39.4 Å². The van der Waals surface area contributed by atoms with Crippen molar-refractivity contribution >= 4 is 27.3 Å². The van der Waals surface area contributed by atoms with Crippen LogP contribution < -0.4 is 9.62 Å². The summed E-state index contributed by atoms with van der Waals surface area (Å²) < 4.78 is 31.9. The van der Waals surface area contributed by atoms with Crippen LogP contribution in [0.2, 0.25) is 0 Å². The summed E-state index contributed by atoms with van der Waals surface area (Å²) in [4.78, 5) is 26.2. The molecule has 1 aliphatic rings. The predicted molar refractivity (Wildman–Crippen MR) is 134 cm³/mol. The molecular formula is C24H32N4O6S. The molecule has 1 N–H and O–H groups in total. The van der Waals surface area contributed by atoms with Crippen LogP contribution in [0.25, 0.3) is 0 Å². The molecule has 10 nitrogen and oxygen atoms in total. The van der Waals surface area contributed by atoms with Gasteiger partial charge in [-0.3, -0.25) is 24.1 Å². The van der Waals surface area contributed by atoms with E-state index in [4.69, 9.17) is 4.74 Å². The number of benzene rings is 2. The fourth-order valence-electron chi connectivity index (χ4n) is 4.15. The lowest BCUT2D eigenvalue weighted by atomic mass is 10.1. The van der Waals surface area contributed by atoms with E-state index < -0.39 is 26.9 Å². The lowest BCUT2D eigenvalue weighted by molar-refractivity contribution is -0.384. The standard InChI is InChI=1S/C24H32N4O6S/c1-4-22(27(35(3,32)33)23-15-21(28(30)31)9-8-18(23)2)24(29)25-16-19-6-5-7-20(14-19)17-26-10-12-34-13-11-26/h5-9,14-15,22H,4,10-13,16-17H2,1-3H3,(H,25,29). The van der Waals surface area contributed by atoms with Crippen molar-refractivity contribution < 1.29 is 22.9 Å². The Bertz CT molecular complexity index is 1160. The second kappa shape index (κ2) is 11.6. The first-order valence-electron chi connectivity index (χ1n) is 11.5. The molecule has 0 bridgehead atoms. The van der Waals surface area contributed by atoms with Crippen LogP contribution in [0.15, 0.2) is 42.5 Å². The van der Waals surface area contributed by atoms with E-state index in [2.05, 4.69) is 10.2 Å². The van der Waals surface area contributed by atoms with Gasteiger partial charge in [0.05, 0.1) is 30.1 Å². The molecule has 1 aliphatic heterocycles. The van der Waals surface area contributed by atoms with Crippen LogP contribution in [0.1, 0.15) is 30.0 Å². The Labute approximate surface area is 206 Å². The number of hydrogen-bond donors (Lipinski definition) is 1. The van der Waals surface area contributed by atoms with Gasteiger partial charge in [0.2, 0.25) is 15.9 Å². The van der Waals surface area contributed by atoms with Crippen LogP contribution in [0.4, 0.5) is 11.4 Å². The molecule has 1 atom stereocenters. The largest absolute Gasteiger partial charge is 0.379 e. The second-order valence-corrected chi connectivity index (χ2v) is 10.5. The van der Waals surface area contributed by atoms with Crippen LogP contribution in [0.3, 0.4) is 0 Å². The molecule has 1 unspecified atom stereocenters. The summed E-state index contributed by atoms with van der Waals surface area (Å²) in [5, 5.41) is 14.1. The topological polar surface area (TPSA) is 122 Å². The molecule has 0 aromatic heterocycles. The third-order valence-corrected chi connectivity index (χ3v) is 7.10. The normalized spacial score (nSPS) is 15.4. The summed E-state index contributed by atoms with van der Waals surface area (Å²) >= 11 is 0. The van der Waals surface area contributed by atoms with Crippen molar-refractivity contribution in [2.24, 2.45) is 0 Å². The number of aryl methyl sites for hydroxylation is 1. The molecule has 1 heterocycles. The van der Waals surface area contributed by atoms with Gasteiger partial charge < -0.3 is 10.1 Å². The molecule has 3 rings (SSSR count). The number of nitro groups is 1. The van der Waals surface area contributed by atoms with Gasteiger partial charge in [-0.25, -0.2) is 8.42 Å². The van der Waals surface area contributed by atoms with Crippen LogP contribution in [0, 0.1) is 17.0 Å². The maximum absolute atomic E-state index is 13.2. The van der Waals surface area contributed by atoms with Gasteiger partial charge in [0, 0.05) is 38.3 Å². The molecule has 1 amide bonds. The minimum absolute atomic E-state index is 0.121. The highest BCUT2D eigenvalue weighted by molar-refractivity contribution is 7.92. The average molecular weight is 505 g/mol. The number of hydrogen-bond acceptors (Lipinski definition) is 7. The fraction of sp³-hybridized carbons (Fsp3) is 0.458. The van der Waals surface area contributed by atoms with E-state index in [1.807, 2.05) is 24.3 Å². The van der Waals surface area contributed by atoms with E-state index in [1.54, 1.807) is 13.8 Å². The van der Waals surface area contributed by atoms with Gasteiger partial charge in [0.25, 0.3) is 5.69 Å². The summed E-state index contributed by atoms with van der Waals surface area (Å²) in [7, 11) is -3.91. The second-order valence-electron chi connectivity index (χ2n) is 8.64. The Balaban J connectivity index is 1.77. The molecule has 0 aliphatic carbocycles. The number of nitro benzene ring substituents is 1. The molecule has 2 aromatic rings. The number of sulfonamides is 1. The number of amides is 1. The summed E-state index contributed by atoms with van der Waals surface area (Å²) in [6.45, 7) is 7.56. The Hall–Kier alpha value is -3.02. The average Bonchev–Trinajstić information content (AvgIpc) is 2.81. The highest BCUT2D eigenvalue weighted by atomic mass is 32.2. The first-order valence-corrected chi connectivity index (χ1v) is 13.3. The van der Waals surface area contributed by atoms with E-state index in [0.29, 0.717) is 5.56 Å². The van der Waals surface area contributed by atoms with Crippen molar-refractivity contribution in [3.8, 4) is 0 Å². The molecule has 1 saturated heterocycles. The Kier molecular flexibility index (Phi) is 8.82. The minimum atomic E-state index is -3.91. The first kappa shape index (κ1) is 26.6. The lowest BCUT2D eigenvalue weighted by Gasteiger charge is -2.31. The molecule has 2 aromatic carbocycles. The van der Waals surface area contributed by atoms with Gasteiger partial charge in [-0.1, -0.05) is 37.3 Å². The quantitative estimate of drug-likeness (QED) is 0.390. The number of carbonyl (C=O) groups excluding carboxylic acids is 1. The molecule has 35 heavy (non-hydrogen) atoms. The molecule has 0 spiro atoms. The van der Waals surface area contributed by atoms with Crippen LogP contribution in [-0.4, -0.2) is 62.7 Å². The Morgan fingerprint density at radius 1 is 1.20 bits per heavy atom. The number of nitrogens with zero attached hydrogens (tertiary/aromatic N) is 3. The Morgan fingerprint density at radius 3 is 2.51 bits per heavy atom. The van der Waals surface area contributed by atoms with E-state index in [-0.39, 0.29) is 24.3 Å². The van der Waals surface area contributed by atoms with E-state index in [1.165, 1.54) is 18.2 Å². The highest BCUT2D eigenvalue weighted by Gasteiger charge is 2.33. The zero-order valence-electron chi connectivity index (χ0n) is 20.3. The predicted octanol–water partition coefficient (Wildman–Crippen LogP) is 2.60. The first-order chi connectivity index (χ1) is 16.6. The number of rotatable bonds is 10. The van der Waals surface area contributed by atoms with Gasteiger partial charge in [0.1, 0.15) is 6.04 Å². The van der Waals surface area contributed by atoms with Crippen LogP contribution >= 0.6 is 0 Å². The molecule has 1 fully saturated rings. The van der Waals surface area contributed by atoms with E-state index in [9.17, 15) is 23.3 Å². The lowest BCUT2D eigenvalue weighted by Crippen LogP contribution is -2.49. The van der Waals surface area contributed by atoms with E-state index in [0.717, 1.165) is 54.5 Å². The number of ether oxygens (including phenoxy) is 1. The van der Waals surface area contributed by atoms with Gasteiger partial charge in [-0.05, 0) is 30.0 Å². The number of non-ortho nitro benzene ring substituents is 1. The molecular weight excluding hydrogens is 472 g/mol. The SMILES string of the molecule is CCC(C(=O)NCc1cccc(CN2CCOCC2)c1)N(c1cc([N+](=O)[O-])ccc1C)S(C)(=O)=O. The molecule has 11 heteroatoms. The van der Waals surface area contributed by atoms with Crippen molar-refractivity contribution in [3.63, 3.8) is 0 Å². The Morgan fingerprint density at radius 2 is 1.89 bits per heavy atom. The van der Waals surface area contributed by atoms with Crippen molar-refractivity contribution in [2.75, 3.05) is 36.9 Å². The van der Waals surface area contributed by atoms with Crippen LogP contribution in [0.5, 0.6) is 0 Å². The smallest absolute Gasteiger partial charge is 0.271 e. The van der Waals surface area contributed by atoms with Gasteiger partial charge in [-0.2, -0.15) is 0 Å². The fourth-order valence-corrected chi connectivity index (χ4v) is 5.41. The van der Waals surface area contributed by atoms with E-state index >= 15 is 0 Å². The summed E-state index contributed by atoms with van der Waals surface area (Å²) in [5.41, 5.74) is 2.41. The zero-order chi connectivity index (χ0) is 25.6. The van der Waals surface area contributed by atoms with Crippen molar-refractivity contribution in [3.05, 3.63) is 69.3 Å². The number of nitrogens with one attached hydrogen (secondary N) is 1. The summed E-state index contributed by atoms with van der Waals surface area (Å²) in [6.07, 6.45) is 1.19. The van der Waals surface area contributed by atoms with Gasteiger partial charge in [0.15, 0.2) is 0 Å². The number of anilines is 1. The molecule has 190 valence electrons. The summed E-state index contributed by atoms with van der Waals surface area (Å²) in [5.74, 6) is -0.470. The third-order valence-electron chi connectivity index (χ3n) is 5.94. The van der Waals surface area contributed by atoms with Gasteiger partial charge in [-0.15, -0.1) is 0 Å². The minimum Gasteiger partial charge on any atom is -0.379 e. The zero-order valence-corrected chi connectivity index (χ0v) is 21.1. The monoisotopic (exact) mass is 504 g/mol. The van der Waals surface area contributed by atoms with Crippen LogP contribution in [-0.2, 0) is 32.6 Å². The number of morpholine rings is 1. The maximum Gasteiger partial charge on any atom is 0.271 e. The van der Waals surface area contributed by atoms with Gasteiger partial charge >= 0.3 is 0 Å². The third kappa shape index (κ3) is 7.00. The molecule has 0 saturated carbocycles. The maximum atomic E-state index is 13.2. The van der Waals surface area contributed by atoms with Crippen molar-refractivity contribution in [1.29, 1.82) is 0 Å². The highest BCUT2D eigenvalue weighted by Crippen LogP contribution is 2.30.